The van der Waals surface area contributed by atoms with Crippen LogP contribution in [0.4, 0.5) is 23.1 Å². The van der Waals surface area contributed by atoms with Gasteiger partial charge in [-0.15, -0.1) is 0 Å². The fraction of sp³-hybridized carbons (Fsp3) is 0.214. The molecule has 0 bridgehead atoms. The number of aromatic nitrogens is 2. The average Bonchev–Trinajstić information content (AvgIpc) is 2.47. The van der Waals surface area contributed by atoms with E-state index in [9.17, 15) is 5.26 Å². The average molecular weight is 284 g/mol. The van der Waals surface area contributed by atoms with E-state index in [0.29, 0.717) is 28.8 Å². The van der Waals surface area contributed by atoms with Gasteiger partial charge in [-0.3, -0.25) is 0 Å². The highest BCUT2D eigenvalue weighted by Gasteiger charge is 2.12. The maximum atomic E-state index is 9.27. The van der Waals surface area contributed by atoms with Crippen LogP contribution in [0, 0.1) is 18.3 Å². The summed E-state index contributed by atoms with van der Waals surface area (Å²) in [5.74, 6) is 1.53. The van der Waals surface area contributed by atoms with Gasteiger partial charge in [0.2, 0.25) is 5.95 Å². The molecule has 1 aromatic heterocycles. The number of anilines is 4. The van der Waals surface area contributed by atoms with Crippen LogP contribution in [0.2, 0.25) is 0 Å². The third kappa shape index (κ3) is 2.95. The molecule has 0 saturated heterocycles. The highest BCUT2D eigenvalue weighted by atomic mass is 16.5. The fourth-order valence-corrected chi connectivity index (χ4v) is 1.88. The molecule has 0 fully saturated rings. The monoisotopic (exact) mass is 284 g/mol. The molecule has 0 unspecified atom stereocenters. The summed E-state index contributed by atoms with van der Waals surface area (Å²) in [5, 5.41) is 15.2. The van der Waals surface area contributed by atoms with Crippen LogP contribution in [0.3, 0.4) is 0 Å². The van der Waals surface area contributed by atoms with Crippen LogP contribution in [-0.2, 0) is 0 Å². The minimum atomic E-state index is 0.284. The molecule has 7 heteroatoms. The van der Waals surface area contributed by atoms with Crippen LogP contribution in [0.1, 0.15) is 11.3 Å². The quantitative estimate of drug-likeness (QED) is 0.737. The third-order valence-electron chi connectivity index (χ3n) is 2.89. The zero-order chi connectivity index (χ0) is 15.4. The van der Waals surface area contributed by atoms with Crippen LogP contribution in [0.5, 0.6) is 5.75 Å². The molecule has 108 valence electrons. The molecule has 4 N–H and O–H groups in total. The second kappa shape index (κ2) is 5.96. The predicted molar refractivity (Wildman–Crippen MR) is 81.7 cm³/mol. The van der Waals surface area contributed by atoms with Crippen molar-refractivity contribution in [2.45, 2.75) is 6.92 Å². The Kier molecular flexibility index (Phi) is 4.09. The molecule has 7 nitrogen and oxygen atoms in total. The van der Waals surface area contributed by atoms with Crippen molar-refractivity contribution in [1.82, 2.24) is 9.97 Å². The van der Waals surface area contributed by atoms with E-state index in [-0.39, 0.29) is 5.69 Å². The molecule has 0 aliphatic heterocycles. The lowest BCUT2D eigenvalue weighted by Gasteiger charge is -2.12. The summed E-state index contributed by atoms with van der Waals surface area (Å²) >= 11 is 0. The van der Waals surface area contributed by atoms with E-state index < -0.39 is 0 Å². The van der Waals surface area contributed by atoms with Crippen molar-refractivity contribution < 1.29 is 4.74 Å². The van der Waals surface area contributed by atoms with Gasteiger partial charge in [0.25, 0.3) is 0 Å². The second-order valence-corrected chi connectivity index (χ2v) is 4.31. The Morgan fingerprint density at radius 3 is 2.71 bits per heavy atom. The molecule has 1 aromatic carbocycles. The lowest BCUT2D eigenvalue weighted by atomic mass is 10.1. The van der Waals surface area contributed by atoms with E-state index >= 15 is 0 Å². The zero-order valence-electron chi connectivity index (χ0n) is 12.1. The summed E-state index contributed by atoms with van der Waals surface area (Å²) < 4.78 is 5.10. The Morgan fingerprint density at radius 1 is 1.33 bits per heavy atom. The van der Waals surface area contributed by atoms with Crippen molar-refractivity contribution >= 4 is 23.1 Å². The minimum absolute atomic E-state index is 0.284. The van der Waals surface area contributed by atoms with E-state index in [1.165, 1.54) is 7.11 Å². The van der Waals surface area contributed by atoms with Crippen molar-refractivity contribution in [2.24, 2.45) is 0 Å². The number of nitrogens with zero attached hydrogens (tertiary/aromatic N) is 3. The summed E-state index contributed by atoms with van der Waals surface area (Å²) in [6.45, 7) is 1.86. The number of rotatable bonds is 4. The number of nitrogens with one attached hydrogen (secondary N) is 2. The molecular formula is C14H16N6O. The lowest BCUT2D eigenvalue weighted by molar-refractivity contribution is 0.417. The van der Waals surface area contributed by atoms with E-state index in [1.54, 1.807) is 19.2 Å². The van der Waals surface area contributed by atoms with Crippen molar-refractivity contribution in [3.8, 4) is 11.8 Å². The minimum Gasteiger partial charge on any atom is -0.495 e. The summed E-state index contributed by atoms with van der Waals surface area (Å²) in [6.07, 6.45) is 0. The first-order valence-electron chi connectivity index (χ1n) is 6.26. The Labute approximate surface area is 122 Å². The molecule has 0 aliphatic rings. The highest BCUT2D eigenvalue weighted by molar-refractivity contribution is 5.76. The van der Waals surface area contributed by atoms with Gasteiger partial charge in [0.1, 0.15) is 23.2 Å². The number of ether oxygens (including phenoxy) is 1. The molecule has 2 aromatic rings. The van der Waals surface area contributed by atoms with Crippen LogP contribution >= 0.6 is 0 Å². The zero-order valence-corrected chi connectivity index (χ0v) is 12.1. The largest absolute Gasteiger partial charge is 0.495 e. The molecule has 1 heterocycles. The highest BCUT2D eigenvalue weighted by Crippen LogP contribution is 2.31. The Morgan fingerprint density at radius 2 is 2.10 bits per heavy atom. The van der Waals surface area contributed by atoms with Gasteiger partial charge >= 0.3 is 0 Å². The van der Waals surface area contributed by atoms with Gasteiger partial charge in [-0.05, 0) is 19.1 Å². The summed E-state index contributed by atoms with van der Waals surface area (Å²) in [6, 6.07) is 7.28. The van der Waals surface area contributed by atoms with Crippen molar-refractivity contribution in [3.05, 3.63) is 29.5 Å². The standard InChI is InChI=1S/C14H16N6O/c1-8-6-12(17-2)20-14(18-8)19-10-4-5-11(21-3)13(16)9(10)7-15/h4-6H,16H2,1-3H3,(H2,17,18,19,20). The molecule has 0 saturated carbocycles. The molecular weight excluding hydrogens is 268 g/mol. The van der Waals surface area contributed by atoms with E-state index in [2.05, 4.69) is 26.7 Å². The van der Waals surface area contributed by atoms with Crippen LogP contribution in [0.25, 0.3) is 0 Å². The molecule has 21 heavy (non-hydrogen) atoms. The first kappa shape index (κ1) is 14.4. The summed E-state index contributed by atoms with van der Waals surface area (Å²) in [7, 11) is 3.28. The Balaban J connectivity index is 2.43. The van der Waals surface area contributed by atoms with Gasteiger partial charge in [0, 0.05) is 18.8 Å². The van der Waals surface area contributed by atoms with Gasteiger partial charge < -0.3 is 21.1 Å². The SMILES string of the molecule is CNc1cc(C)nc(Nc2ccc(OC)c(N)c2C#N)n1. The number of methoxy groups -OCH3 is 1. The van der Waals surface area contributed by atoms with Gasteiger partial charge in [-0.25, -0.2) is 4.98 Å². The molecule has 0 radical (unpaired) electrons. The van der Waals surface area contributed by atoms with Crippen LogP contribution in [0.15, 0.2) is 18.2 Å². The summed E-state index contributed by atoms with van der Waals surface area (Å²) in [4.78, 5) is 8.56. The van der Waals surface area contributed by atoms with Crippen molar-refractivity contribution in [2.75, 3.05) is 30.5 Å². The normalized spacial score (nSPS) is 9.81. The van der Waals surface area contributed by atoms with Crippen LogP contribution in [-0.4, -0.2) is 24.1 Å². The van der Waals surface area contributed by atoms with Gasteiger partial charge in [-0.1, -0.05) is 0 Å². The van der Waals surface area contributed by atoms with E-state index in [0.717, 1.165) is 5.69 Å². The first-order valence-corrected chi connectivity index (χ1v) is 6.26. The van der Waals surface area contributed by atoms with E-state index in [1.807, 2.05) is 13.0 Å². The molecule has 2 rings (SSSR count). The number of benzene rings is 1. The topological polar surface area (TPSA) is 109 Å². The molecule has 0 atom stereocenters. The predicted octanol–water partition coefficient (Wildman–Crippen LogP) is 2.03. The van der Waals surface area contributed by atoms with Gasteiger partial charge in [0.05, 0.1) is 18.5 Å². The number of nitriles is 1. The number of nitrogens with two attached hydrogens (primary N) is 1. The smallest absolute Gasteiger partial charge is 0.229 e. The Bertz CT molecular complexity index is 707. The molecule has 0 spiro atoms. The van der Waals surface area contributed by atoms with Crippen molar-refractivity contribution in [3.63, 3.8) is 0 Å². The molecule has 0 amide bonds. The number of nitrogen functional groups attached to an aromatic ring is 1. The third-order valence-corrected chi connectivity index (χ3v) is 2.89. The number of hydrogen-bond acceptors (Lipinski definition) is 7. The maximum Gasteiger partial charge on any atom is 0.229 e. The number of aryl methyl sites for hydroxylation is 1. The Hall–Kier alpha value is -3.01. The van der Waals surface area contributed by atoms with Gasteiger partial charge in [-0.2, -0.15) is 10.2 Å². The first-order chi connectivity index (χ1) is 10.1. The van der Waals surface area contributed by atoms with Crippen LogP contribution < -0.4 is 21.1 Å². The lowest BCUT2D eigenvalue weighted by Crippen LogP contribution is -2.05. The fourth-order valence-electron chi connectivity index (χ4n) is 1.88. The second-order valence-electron chi connectivity index (χ2n) is 4.31. The van der Waals surface area contributed by atoms with Crippen molar-refractivity contribution in [1.29, 1.82) is 5.26 Å². The number of hydrogen-bond donors (Lipinski definition) is 3. The summed E-state index contributed by atoms with van der Waals surface area (Å²) in [5.41, 5.74) is 7.82. The van der Waals surface area contributed by atoms with E-state index in [4.69, 9.17) is 10.5 Å². The maximum absolute atomic E-state index is 9.27. The molecule has 0 aliphatic carbocycles. The van der Waals surface area contributed by atoms with Gasteiger partial charge in [0.15, 0.2) is 0 Å².